The molecule has 0 amide bonds. The molecule has 0 aliphatic heterocycles. The van der Waals surface area contributed by atoms with E-state index in [-0.39, 0.29) is 0 Å². The first-order chi connectivity index (χ1) is 7.59. The molecule has 0 fully saturated rings. The molecule has 0 saturated carbocycles. The third-order valence-corrected chi connectivity index (χ3v) is 2.93. The summed E-state index contributed by atoms with van der Waals surface area (Å²) in [6.07, 6.45) is 0.716. The number of aromatic nitrogens is 2. The van der Waals surface area contributed by atoms with Gasteiger partial charge in [0.25, 0.3) is 0 Å². The van der Waals surface area contributed by atoms with Crippen LogP contribution in [0.3, 0.4) is 0 Å². The van der Waals surface area contributed by atoms with Gasteiger partial charge >= 0.3 is 0 Å². The zero-order valence-corrected chi connectivity index (χ0v) is 10.1. The lowest BCUT2D eigenvalue weighted by Crippen LogP contribution is -2.07. The molecule has 0 saturated heterocycles. The molecule has 0 bridgehead atoms. The number of aliphatic hydroxyl groups is 1. The Morgan fingerprint density at radius 2 is 1.88 bits per heavy atom. The van der Waals surface area contributed by atoms with E-state index >= 15 is 0 Å². The molecule has 2 rings (SSSR count). The lowest BCUT2D eigenvalue weighted by Gasteiger charge is -2.12. The Bertz CT molecular complexity index is 474. The molecule has 1 aromatic carbocycles. The number of halogens is 2. The number of hydrogen-bond acceptors (Lipinski definition) is 2. The van der Waals surface area contributed by atoms with Crippen molar-refractivity contribution in [1.82, 2.24) is 9.78 Å². The minimum atomic E-state index is -0.794. The average molecular weight is 257 g/mol. The summed E-state index contributed by atoms with van der Waals surface area (Å²) in [5.74, 6) is 0. The van der Waals surface area contributed by atoms with E-state index in [0.29, 0.717) is 15.7 Å². The normalized spacial score (nSPS) is 12.8. The van der Waals surface area contributed by atoms with Crippen molar-refractivity contribution in [3.8, 4) is 0 Å². The summed E-state index contributed by atoms with van der Waals surface area (Å²) < 4.78 is 1.56. The molecule has 1 aromatic heterocycles. The molecule has 84 valence electrons. The SMILES string of the molecule is Cn1ncc(Cl)c1C(O)c1ccc(Cl)cc1. The van der Waals surface area contributed by atoms with Gasteiger partial charge in [-0.3, -0.25) is 4.68 Å². The van der Waals surface area contributed by atoms with E-state index in [1.54, 1.807) is 36.0 Å². The van der Waals surface area contributed by atoms with Crippen molar-refractivity contribution < 1.29 is 5.11 Å². The highest BCUT2D eigenvalue weighted by molar-refractivity contribution is 6.31. The van der Waals surface area contributed by atoms with Crippen LogP contribution in [0.1, 0.15) is 17.4 Å². The first-order valence-corrected chi connectivity index (χ1v) is 5.46. The number of aryl methyl sites for hydroxylation is 1. The zero-order valence-electron chi connectivity index (χ0n) is 8.56. The first kappa shape index (κ1) is 11.5. The Balaban J connectivity index is 2.39. The zero-order chi connectivity index (χ0) is 11.7. The second-order valence-corrected chi connectivity index (χ2v) is 4.30. The summed E-state index contributed by atoms with van der Waals surface area (Å²) in [5, 5.41) is 15.2. The number of benzene rings is 1. The third-order valence-electron chi connectivity index (χ3n) is 2.38. The topological polar surface area (TPSA) is 38.0 Å². The van der Waals surface area contributed by atoms with E-state index in [9.17, 15) is 5.11 Å². The minimum absolute atomic E-state index is 0.449. The highest BCUT2D eigenvalue weighted by atomic mass is 35.5. The van der Waals surface area contributed by atoms with E-state index in [1.165, 1.54) is 6.20 Å². The van der Waals surface area contributed by atoms with Gasteiger partial charge in [0, 0.05) is 12.1 Å². The molecule has 16 heavy (non-hydrogen) atoms. The van der Waals surface area contributed by atoms with Crippen molar-refractivity contribution in [2.24, 2.45) is 7.05 Å². The van der Waals surface area contributed by atoms with Gasteiger partial charge in [-0.05, 0) is 17.7 Å². The Morgan fingerprint density at radius 3 is 2.38 bits per heavy atom. The molecule has 1 atom stereocenters. The van der Waals surface area contributed by atoms with E-state index in [4.69, 9.17) is 23.2 Å². The van der Waals surface area contributed by atoms with Crippen molar-refractivity contribution in [3.63, 3.8) is 0 Å². The number of rotatable bonds is 2. The van der Waals surface area contributed by atoms with Crippen LogP contribution in [0.25, 0.3) is 0 Å². The Morgan fingerprint density at radius 1 is 1.25 bits per heavy atom. The molecule has 0 spiro atoms. The maximum Gasteiger partial charge on any atom is 0.122 e. The lowest BCUT2D eigenvalue weighted by molar-refractivity contribution is 0.210. The molecule has 0 radical (unpaired) electrons. The highest BCUT2D eigenvalue weighted by Crippen LogP contribution is 2.28. The van der Waals surface area contributed by atoms with E-state index in [1.807, 2.05) is 0 Å². The summed E-state index contributed by atoms with van der Waals surface area (Å²) in [4.78, 5) is 0. The Hall–Kier alpha value is -1.03. The Labute approximate surface area is 103 Å². The fourth-order valence-electron chi connectivity index (χ4n) is 1.53. The van der Waals surface area contributed by atoms with E-state index in [0.717, 1.165) is 5.56 Å². The van der Waals surface area contributed by atoms with Crippen LogP contribution >= 0.6 is 23.2 Å². The summed E-state index contributed by atoms with van der Waals surface area (Å²) in [7, 11) is 1.74. The quantitative estimate of drug-likeness (QED) is 0.898. The molecular weight excluding hydrogens is 247 g/mol. The van der Waals surface area contributed by atoms with Crippen LogP contribution in [0, 0.1) is 0 Å². The molecule has 5 heteroatoms. The van der Waals surface area contributed by atoms with Crippen LogP contribution in [0.5, 0.6) is 0 Å². The molecule has 0 aliphatic rings. The van der Waals surface area contributed by atoms with Crippen molar-refractivity contribution in [2.75, 3.05) is 0 Å². The number of hydrogen-bond donors (Lipinski definition) is 1. The van der Waals surface area contributed by atoms with Crippen molar-refractivity contribution >= 4 is 23.2 Å². The number of nitrogens with zero attached hydrogens (tertiary/aromatic N) is 2. The molecule has 3 nitrogen and oxygen atoms in total. The maximum atomic E-state index is 10.1. The summed E-state index contributed by atoms with van der Waals surface area (Å²) in [6.45, 7) is 0. The van der Waals surface area contributed by atoms with Crippen LogP contribution in [-0.2, 0) is 7.05 Å². The maximum absolute atomic E-state index is 10.1. The number of aliphatic hydroxyl groups excluding tert-OH is 1. The van der Waals surface area contributed by atoms with Gasteiger partial charge in [-0.25, -0.2) is 0 Å². The summed E-state index contributed by atoms with van der Waals surface area (Å²) in [6, 6.07) is 6.97. The molecule has 1 unspecified atom stereocenters. The third kappa shape index (κ3) is 2.07. The summed E-state index contributed by atoms with van der Waals surface area (Å²) in [5.41, 5.74) is 1.30. The van der Waals surface area contributed by atoms with Crippen molar-refractivity contribution in [1.29, 1.82) is 0 Å². The van der Waals surface area contributed by atoms with Gasteiger partial charge in [0.2, 0.25) is 0 Å². The highest BCUT2D eigenvalue weighted by Gasteiger charge is 2.18. The van der Waals surface area contributed by atoms with Gasteiger partial charge in [-0.1, -0.05) is 35.3 Å². The van der Waals surface area contributed by atoms with Crippen LogP contribution < -0.4 is 0 Å². The molecular formula is C11H10Cl2N2O. The van der Waals surface area contributed by atoms with Crippen LogP contribution in [-0.4, -0.2) is 14.9 Å². The molecule has 2 aromatic rings. The lowest BCUT2D eigenvalue weighted by atomic mass is 10.1. The smallest absolute Gasteiger partial charge is 0.122 e. The van der Waals surface area contributed by atoms with Gasteiger partial charge in [0.1, 0.15) is 6.10 Å². The second kappa shape index (κ2) is 4.45. The average Bonchev–Trinajstić information content (AvgIpc) is 2.59. The van der Waals surface area contributed by atoms with Crippen molar-refractivity contribution in [3.05, 3.63) is 51.8 Å². The second-order valence-electron chi connectivity index (χ2n) is 3.46. The van der Waals surface area contributed by atoms with Crippen molar-refractivity contribution in [2.45, 2.75) is 6.10 Å². The van der Waals surface area contributed by atoms with Crippen LogP contribution in [0.15, 0.2) is 30.5 Å². The van der Waals surface area contributed by atoms with Gasteiger partial charge in [-0.2, -0.15) is 5.10 Å². The van der Waals surface area contributed by atoms with E-state index in [2.05, 4.69) is 5.10 Å². The van der Waals surface area contributed by atoms with Gasteiger partial charge in [0.05, 0.1) is 16.9 Å². The predicted octanol–water partition coefficient (Wildman–Crippen LogP) is 2.81. The van der Waals surface area contributed by atoms with Gasteiger partial charge < -0.3 is 5.11 Å². The fourth-order valence-corrected chi connectivity index (χ4v) is 1.93. The first-order valence-electron chi connectivity index (χ1n) is 4.70. The Kier molecular flexibility index (Phi) is 3.19. The van der Waals surface area contributed by atoms with E-state index < -0.39 is 6.10 Å². The molecule has 1 N–H and O–H groups in total. The molecule has 1 heterocycles. The van der Waals surface area contributed by atoms with Gasteiger partial charge in [-0.15, -0.1) is 0 Å². The van der Waals surface area contributed by atoms with Crippen LogP contribution in [0.2, 0.25) is 10.0 Å². The minimum Gasteiger partial charge on any atom is -0.382 e. The molecule has 0 aliphatic carbocycles. The predicted molar refractivity (Wildman–Crippen MR) is 63.7 cm³/mol. The fraction of sp³-hybridized carbons (Fsp3) is 0.182. The largest absolute Gasteiger partial charge is 0.382 e. The van der Waals surface area contributed by atoms with Gasteiger partial charge in [0.15, 0.2) is 0 Å². The monoisotopic (exact) mass is 256 g/mol. The standard InChI is InChI=1S/C11H10Cl2N2O/c1-15-10(9(13)6-14-15)11(16)7-2-4-8(12)5-3-7/h2-6,11,16H,1H3. The summed E-state index contributed by atoms with van der Waals surface area (Å²) >= 11 is 11.7. The van der Waals surface area contributed by atoms with Crippen LogP contribution in [0.4, 0.5) is 0 Å².